The highest BCUT2D eigenvalue weighted by Gasteiger charge is 2.50. The van der Waals surface area contributed by atoms with Gasteiger partial charge in [0.15, 0.2) is 0 Å². The number of benzene rings is 1. The van der Waals surface area contributed by atoms with Gasteiger partial charge >= 0.3 is 0 Å². The lowest BCUT2D eigenvalue weighted by Crippen LogP contribution is -2.34. The predicted molar refractivity (Wildman–Crippen MR) is 95.2 cm³/mol. The molecule has 11 heteroatoms. The SMILES string of the molecule is Clc1ccc(C2(Cn3cncn3)O[C@@H]3CCCC[C@H]3O2)c(Cl)c1.O=[N+]([O-])O. The van der Waals surface area contributed by atoms with Gasteiger partial charge in [0.1, 0.15) is 19.2 Å². The molecule has 146 valence electrons. The van der Waals surface area contributed by atoms with Gasteiger partial charge in [0.25, 0.3) is 5.09 Å². The van der Waals surface area contributed by atoms with E-state index in [2.05, 4.69) is 10.1 Å². The summed E-state index contributed by atoms with van der Waals surface area (Å²) in [6.45, 7) is 0.404. The van der Waals surface area contributed by atoms with E-state index in [0.29, 0.717) is 16.6 Å². The Hall–Kier alpha value is -1.94. The van der Waals surface area contributed by atoms with Crippen molar-refractivity contribution >= 4 is 23.2 Å². The smallest absolute Gasteiger partial charge is 0.291 e. The Bertz CT molecular complexity index is 771. The molecule has 1 N–H and O–H groups in total. The third-order valence-corrected chi connectivity index (χ3v) is 5.05. The van der Waals surface area contributed by atoms with Gasteiger partial charge in [0.05, 0.1) is 17.2 Å². The molecule has 2 aromatic rings. The van der Waals surface area contributed by atoms with Crippen LogP contribution < -0.4 is 0 Å². The van der Waals surface area contributed by atoms with E-state index < -0.39 is 10.9 Å². The average molecular weight is 417 g/mol. The van der Waals surface area contributed by atoms with Crippen LogP contribution in [0, 0.1) is 10.1 Å². The molecule has 1 aromatic carbocycles. The molecule has 9 nitrogen and oxygen atoms in total. The molecule has 1 saturated heterocycles. The first kappa shape index (κ1) is 19.8. The van der Waals surface area contributed by atoms with Gasteiger partial charge in [-0.15, -0.1) is 10.1 Å². The van der Waals surface area contributed by atoms with E-state index in [0.717, 1.165) is 31.2 Å². The number of halogens is 2. The average Bonchev–Trinajstić information content (AvgIpc) is 3.21. The third kappa shape index (κ3) is 4.67. The van der Waals surface area contributed by atoms with Crippen LogP contribution in [0.2, 0.25) is 10.0 Å². The molecule has 0 spiro atoms. The molecule has 0 radical (unpaired) electrons. The van der Waals surface area contributed by atoms with Crippen molar-refractivity contribution in [1.82, 2.24) is 14.8 Å². The van der Waals surface area contributed by atoms with Gasteiger partial charge in [-0.1, -0.05) is 42.1 Å². The van der Waals surface area contributed by atoms with Crippen molar-refractivity contribution < 1.29 is 19.8 Å². The lowest BCUT2D eigenvalue weighted by molar-refractivity contribution is -0.742. The van der Waals surface area contributed by atoms with E-state index in [-0.39, 0.29) is 12.2 Å². The standard InChI is InChI=1S/C16H17Cl2N3O2.HNO3/c17-11-5-6-12(13(18)7-11)16(8-21-10-19-9-20-21)22-14-3-1-2-4-15(14)23-16;2-1(3)4/h5-7,9-10,14-15H,1-4,8H2;(H,2,3,4)/t14-,15-;/m1./s1. The molecule has 2 atom stereocenters. The quantitative estimate of drug-likeness (QED) is 0.601. The molecule has 1 saturated carbocycles. The molecular formula is C16H18Cl2N4O5. The Morgan fingerprint density at radius 2 is 1.93 bits per heavy atom. The van der Waals surface area contributed by atoms with E-state index >= 15 is 0 Å². The molecule has 4 rings (SSSR count). The lowest BCUT2D eigenvalue weighted by Gasteiger charge is -2.29. The molecule has 2 aliphatic rings. The maximum atomic E-state index is 8.36. The molecule has 2 heterocycles. The second kappa shape index (κ2) is 8.39. The predicted octanol–water partition coefficient (Wildman–Crippen LogP) is 3.45. The van der Waals surface area contributed by atoms with Crippen molar-refractivity contribution in [2.75, 3.05) is 0 Å². The summed E-state index contributed by atoms with van der Waals surface area (Å²) in [6, 6.07) is 5.40. The van der Waals surface area contributed by atoms with Crippen LogP contribution in [0.25, 0.3) is 0 Å². The largest absolute Gasteiger partial charge is 0.338 e. The van der Waals surface area contributed by atoms with Crippen LogP contribution in [0.15, 0.2) is 30.9 Å². The fourth-order valence-corrected chi connectivity index (χ4v) is 4.01. The third-order valence-electron chi connectivity index (χ3n) is 4.50. The highest BCUT2D eigenvalue weighted by molar-refractivity contribution is 6.35. The Balaban J connectivity index is 0.000000481. The Morgan fingerprint density at radius 3 is 2.44 bits per heavy atom. The summed E-state index contributed by atoms with van der Waals surface area (Å²) in [7, 11) is 0. The lowest BCUT2D eigenvalue weighted by atomic mass is 9.95. The van der Waals surface area contributed by atoms with Crippen molar-refractivity contribution in [2.24, 2.45) is 0 Å². The monoisotopic (exact) mass is 416 g/mol. The molecule has 1 aliphatic heterocycles. The fraction of sp³-hybridized carbons (Fsp3) is 0.500. The minimum Gasteiger partial charge on any atom is -0.338 e. The van der Waals surface area contributed by atoms with Gasteiger partial charge in [-0.2, -0.15) is 5.10 Å². The molecule has 0 amide bonds. The van der Waals surface area contributed by atoms with Crippen molar-refractivity contribution in [2.45, 2.75) is 50.2 Å². The number of rotatable bonds is 3. The second-order valence-corrected chi connectivity index (χ2v) is 7.15. The van der Waals surface area contributed by atoms with Gasteiger partial charge in [-0.25, -0.2) is 9.67 Å². The topological polar surface area (TPSA) is 113 Å². The Labute approximate surface area is 164 Å². The number of hydrogen-bond donors (Lipinski definition) is 1. The molecule has 1 aromatic heterocycles. The van der Waals surface area contributed by atoms with Gasteiger partial charge in [0, 0.05) is 10.6 Å². The summed E-state index contributed by atoms with van der Waals surface area (Å²) in [4.78, 5) is 12.4. The molecular weight excluding hydrogens is 399 g/mol. The van der Waals surface area contributed by atoms with E-state index in [9.17, 15) is 0 Å². The van der Waals surface area contributed by atoms with Crippen LogP contribution in [-0.4, -0.2) is 37.3 Å². The second-order valence-electron chi connectivity index (χ2n) is 6.31. The minimum absolute atomic E-state index is 0.0963. The van der Waals surface area contributed by atoms with E-state index in [4.69, 9.17) is 48.0 Å². The van der Waals surface area contributed by atoms with Crippen LogP contribution in [0.4, 0.5) is 0 Å². The highest BCUT2D eigenvalue weighted by Crippen LogP contribution is 2.46. The molecule has 27 heavy (non-hydrogen) atoms. The highest BCUT2D eigenvalue weighted by atomic mass is 35.5. The van der Waals surface area contributed by atoms with Crippen molar-refractivity contribution in [3.8, 4) is 0 Å². The summed E-state index contributed by atoms with van der Waals surface area (Å²) in [5, 5.41) is 19.0. The molecule has 1 aliphatic carbocycles. The summed E-state index contributed by atoms with van der Waals surface area (Å²) in [6.07, 6.45) is 7.69. The maximum Gasteiger partial charge on any atom is 0.291 e. The van der Waals surface area contributed by atoms with Gasteiger partial charge < -0.3 is 14.7 Å². The summed E-state index contributed by atoms with van der Waals surface area (Å²) in [5.41, 5.74) is 0.786. The van der Waals surface area contributed by atoms with Crippen molar-refractivity contribution in [3.05, 3.63) is 56.6 Å². The molecule has 0 unspecified atom stereocenters. The first-order chi connectivity index (χ1) is 12.9. The normalized spacial score (nSPS) is 23.2. The summed E-state index contributed by atoms with van der Waals surface area (Å²) >= 11 is 12.5. The van der Waals surface area contributed by atoms with Crippen molar-refractivity contribution in [1.29, 1.82) is 0 Å². The van der Waals surface area contributed by atoms with Crippen LogP contribution >= 0.6 is 23.2 Å². The van der Waals surface area contributed by atoms with Crippen LogP contribution in [0.3, 0.4) is 0 Å². The number of nitrogens with zero attached hydrogens (tertiary/aromatic N) is 4. The van der Waals surface area contributed by atoms with Crippen LogP contribution in [0.5, 0.6) is 0 Å². The van der Waals surface area contributed by atoms with Crippen LogP contribution in [-0.2, 0) is 21.8 Å². The van der Waals surface area contributed by atoms with Gasteiger partial charge in [-0.3, -0.25) is 0 Å². The van der Waals surface area contributed by atoms with Gasteiger partial charge in [-0.05, 0) is 25.0 Å². The van der Waals surface area contributed by atoms with Crippen molar-refractivity contribution in [3.63, 3.8) is 0 Å². The van der Waals surface area contributed by atoms with E-state index in [1.54, 1.807) is 23.1 Å². The summed E-state index contributed by atoms with van der Waals surface area (Å²) in [5.74, 6) is -0.949. The Morgan fingerprint density at radius 1 is 1.30 bits per heavy atom. The Kier molecular flexibility index (Phi) is 6.15. The first-order valence-electron chi connectivity index (χ1n) is 8.36. The zero-order valence-electron chi connectivity index (χ0n) is 14.2. The van der Waals surface area contributed by atoms with E-state index in [1.807, 2.05) is 6.07 Å². The fourth-order valence-electron chi connectivity index (χ4n) is 3.46. The maximum absolute atomic E-state index is 8.36. The number of fused-ring (bicyclic) bond motifs is 1. The van der Waals surface area contributed by atoms with E-state index in [1.165, 1.54) is 6.33 Å². The number of ether oxygens (including phenoxy) is 2. The van der Waals surface area contributed by atoms with Crippen LogP contribution in [0.1, 0.15) is 31.2 Å². The zero-order chi connectivity index (χ0) is 19.4. The number of hydrogen-bond acceptors (Lipinski definition) is 6. The number of aromatic nitrogens is 3. The summed E-state index contributed by atoms with van der Waals surface area (Å²) < 4.78 is 14.5. The zero-order valence-corrected chi connectivity index (χ0v) is 15.7. The van der Waals surface area contributed by atoms with Gasteiger partial charge in [0.2, 0.25) is 5.79 Å². The molecule has 2 fully saturated rings. The first-order valence-corrected chi connectivity index (χ1v) is 9.12. The minimum atomic E-state index is -1.50. The molecule has 0 bridgehead atoms.